The van der Waals surface area contributed by atoms with E-state index in [-0.39, 0.29) is 5.91 Å². The lowest BCUT2D eigenvalue weighted by molar-refractivity contribution is 0.0643. The summed E-state index contributed by atoms with van der Waals surface area (Å²) in [5, 5.41) is 0. The molecule has 1 heterocycles. The Morgan fingerprint density at radius 2 is 1.78 bits per heavy atom. The lowest BCUT2D eigenvalue weighted by Gasteiger charge is -2.34. The second-order valence-corrected chi connectivity index (χ2v) is 7.63. The van der Waals surface area contributed by atoms with Crippen LogP contribution in [0.5, 0.6) is 5.75 Å². The number of hydrogen-bond acceptors (Lipinski definition) is 4. The molecule has 27 heavy (non-hydrogen) atoms. The zero-order valence-electron chi connectivity index (χ0n) is 16.2. The Morgan fingerprint density at radius 1 is 1.04 bits per heavy atom. The van der Waals surface area contributed by atoms with Crippen LogP contribution in [0.3, 0.4) is 0 Å². The number of thioether (sulfide) groups is 1. The third-order valence-corrected chi connectivity index (χ3v) is 5.91. The van der Waals surface area contributed by atoms with E-state index in [1.807, 2.05) is 48.2 Å². The highest BCUT2D eigenvalue weighted by atomic mass is 32.2. The van der Waals surface area contributed by atoms with Gasteiger partial charge in [-0.3, -0.25) is 4.79 Å². The summed E-state index contributed by atoms with van der Waals surface area (Å²) in [4.78, 5) is 18.5. The van der Waals surface area contributed by atoms with Crippen LogP contribution in [0.4, 0.5) is 0 Å². The highest BCUT2D eigenvalue weighted by molar-refractivity contribution is 7.98. The highest BCUT2D eigenvalue weighted by Crippen LogP contribution is 2.29. The monoisotopic (exact) mass is 384 g/mol. The first kappa shape index (κ1) is 19.8. The van der Waals surface area contributed by atoms with Crippen LogP contribution in [0.15, 0.2) is 53.4 Å². The van der Waals surface area contributed by atoms with E-state index in [9.17, 15) is 4.79 Å². The SMILES string of the molecule is CCOc1ccc(C(=O)N2CCN(CC)CC2)cc1CSc1ccccc1. The van der Waals surface area contributed by atoms with E-state index in [1.54, 1.807) is 11.8 Å². The maximum atomic E-state index is 13.0. The normalized spacial score (nSPS) is 15.0. The number of ether oxygens (including phenoxy) is 1. The van der Waals surface area contributed by atoms with Crippen molar-refractivity contribution >= 4 is 17.7 Å². The number of piperazine rings is 1. The number of carbonyl (C=O) groups is 1. The lowest BCUT2D eigenvalue weighted by atomic mass is 10.1. The molecule has 5 heteroatoms. The summed E-state index contributed by atoms with van der Waals surface area (Å²) in [5.41, 5.74) is 1.83. The number of rotatable bonds is 7. The smallest absolute Gasteiger partial charge is 0.253 e. The Bertz CT molecular complexity index is 743. The molecule has 4 nitrogen and oxygen atoms in total. The van der Waals surface area contributed by atoms with Crippen molar-refractivity contribution < 1.29 is 9.53 Å². The predicted molar refractivity (Wildman–Crippen MR) is 112 cm³/mol. The standard InChI is InChI=1S/C22H28N2O2S/c1-3-23-12-14-24(15-13-23)22(25)18-10-11-21(26-4-2)19(16-18)17-27-20-8-6-5-7-9-20/h5-11,16H,3-4,12-15,17H2,1-2H3. The zero-order valence-corrected chi connectivity index (χ0v) is 17.0. The van der Waals surface area contributed by atoms with Gasteiger partial charge in [0.05, 0.1) is 6.61 Å². The largest absolute Gasteiger partial charge is 0.494 e. The summed E-state index contributed by atoms with van der Waals surface area (Å²) in [7, 11) is 0. The Labute approximate surface area is 166 Å². The molecule has 0 unspecified atom stereocenters. The lowest BCUT2D eigenvalue weighted by Crippen LogP contribution is -2.48. The molecule has 0 bridgehead atoms. The number of nitrogens with zero attached hydrogens (tertiary/aromatic N) is 2. The topological polar surface area (TPSA) is 32.8 Å². The van der Waals surface area contributed by atoms with E-state index < -0.39 is 0 Å². The summed E-state index contributed by atoms with van der Waals surface area (Å²) in [5.74, 6) is 1.78. The molecule has 0 saturated carbocycles. The molecule has 0 atom stereocenters. The van der Waals surface area contributed by atoms with E-state index in [2.05, 4.69) is 24.0 Å². The molecular weight excluding hydrogens is 356 g/mol. The first-order valence-electron chi connectivity index (χ1n) is 9.66. The summed E-state index contributed by atoms with van der Waals surface area (Å²) < 4.78 is 5.79. The minimum Gasteiger partial charge on any atom is -0.494 e. The van der Waals surface area contributed by atoms with Crippen LogP contribution in [0.2, 0.25) is 0 Å². The number of amides is 1. The molecule has 3 rings (SSSR count). The van der Waals surface area contributed by atoms with Crippen molar-refractivity contribution in [3.63, 3.8) is 0 Å². The quantitative estimate of drug-likeness (QED) is 0.671. The van der Waals surface area contributed by atoms with E-state index in [1.165, 1.54) is 4.90 Å². The second-order valence-electron chi connectivity index (χ2n) is 6.58. The van der Waals surface area contributed by atoms with Crippen LogP contribution in [-0.4, -0.2) is 55.0 Å². The fourth-order valence-electron chi connectivity index (χ4n) is 3.25. The van der Waals surface area contributed by atoms with Crippen LogP contribution in [0.1, 0.15) is 29.8 Å². The Morgan fingerprint density at radius 3 is 2.44 bits per heavy atom. The van der Waals surface area contributed by atoms with Crippen molar-refractivity contribution in [2.75, 3.05) is 39.3 Å². The van der Waals surface area contributed by atoms with Gasteiger partial charge in [0.15, 0.2) is 0 Å². The van der Waals surface area contributed by atoms with Gasteiger partial charge in [0.2, 0.25) is 0 Å². The minimum atomic E-state index is 0.125. The molecule has 2 aromatic rings. The first-order chi connectivity index (χ1) is 13.2. The molecular formula is C22H28N2O2S. The Kier molecular flexibility index (Phi) is 7.18. The number of carbonyl (C=O) groups excluding carboxylic acids is 1. The van der Waals surface area contributed by atoms with Crippen molar-refractivity contribution in [2.45, 2.75) is 24.5 Å². The average molecular weight is 385 g/mol. The fraction of sp³-hybridized carbons (Fsp3) is 0.409. The van der Waals surface area contributed by atoms with Crippen LogP contribution < -0.4 is 4.74 Å². The van der Waals surface area contributed by atoms with Gasteiger partial charge in [-0.1, -0.05) is 25.1 Å². The van der Waals surface area contributed by atoms with E-state index in [0.29, 0.717) is 6.61 Å². The van der Waals surface area contributed by atoms with Gasteiger partial charge in [-0.05, 0) is 43.8 Å². The van der Waals surface area contributed by atoms with E-state index in [4.69, 9.17) is 4.74 Å². The predicted octanol–water partition coefficient (Wildman–Crippen LogP) is 4.16. The molecule has 144 valence electrons. The second kappa shape index (κ2) is 9.81. The number of benzene rings is 2. The molecule has 2 aromatic carbocycles. The molecule has 1 saturated heterocycles. The van der Waals surface area contributed by atoms with Gasteiger partial charge in [-0.2, -0.15) is 0 Å². The van der Waals surface area contributed by atoms with E-state index in [0.717, 1.165) is 55.4 Å². The van der Waals surface area contributed by atoms with Gasteiger partial charge in [0.1, 0.15) is 5.75 Å². The van der Waals surface area contributed by atoms with Crippen LogP contribution >= 0.6 is 11.8 Å². The third-order valence-electron chi connectivity index (χ3n) is 4.85. The van der Waals surface area contributed by atoms with Gasteiger partial charge in [0.25, 0.3) is 5.91 Å². The van der Waals surface area contributed by atoms with Gasteiger partial charge >= 0.3 is 0 Å². The van der Waals surface area contributed by atoms with Crippen molar-refractivity contribution in [3.8, 4) is 5.75 Å². The molecule has 0 spiro atoms. The van der Waals surface area contributed by atoms with Crippen molar-refractivity contribution in [1.29, 1.82) is 0 Å². The van der Waals surface area contributed by atoms with Crippen molar-refractivity contribution in [1.82, 2.24) is 9.80 Å². The van der Waals surface area contributed by atoms with E-state index >= 15 is 0 Å². The van der Waals surface area contributed by atoms with Gasteiger partial charge in [-0.25, -0.2) is 0 Å². The van der Waals surface area contributed by atoms with Crippen molar-refractivity contribution in [3.05, 3.63) is 59.7 Å². The number of hydrogen-bond donors (Lipinski definition) is 0. The van der Waals surface area contributed by atoms with Crippen LogP contribution in [0.25, 0.3) is 0 Å². The molecule has 1 fully saturated rings. The summed E-state index contributed by atoms with van der Waals surface area (Å²) >= 11 is 1.76. The minimum absolute atomic E-state index is 0.125. The number of likely N-dealkylation sites (N-methyl/N-ethyl adjacent to an activating group) is 1. The highest BCUT2D eigenvalue weighted by Gasteiger charge is 2.22. The van der Waals surface area contributed by atoms with Gasteiger partial charge in [0, 0.05) is 48.0 Å². The molecule has 0 aromatic heterocycles. The van der Waals surface area contributed by atoms with Crippen molar-refractivity contribution in [2.24, 2.45) is 0 Å². The van der Waals surface area contributed by atoms with Crippen LogP contribution in [-0.2, 0) is 5.75 Å². The molecule has 1 aliphatic heterocycles. The molecule has 0 N–H and O–H groups in total. The van der Waals surface area contributed by atoms with Gasteiger partial charge in [-0.15, -0.1) is 11.8 Å². The fourth-order valence-corrected chi connectivity index (χ4v) is 4.15. The summed E-state index contributed by atoms with van der Waals surface area (Å²) in [6.07, 6.45) is 0. The molecule has 1 amide bonds. The zero-order chi connectivity index (χ0) is 19.1. The van der Waals surface area contributed by atoms with Crippen LogP contribution in [0, 0.1) is 0 Å². The molecule has 0 radical (unpaired) electrons. The summed E-state index contributed by atoms with van der Waals surface area (Å²) in [6, 6.07) is 16.2. The molecule has 0 aliphatic carbocycles. The Hall–Kier alpha value is -1.98. The Balaban J connectivity index is 1.73. The summed E-state index contributed by atoms with van der Waals surface area (Å²) in [6.45, 7) is 9.33. The van der Waals surface area contributed by atoms with Gasteiger partial charge < -0.3 is 14.5 Å². The first-order valence-corrected chi connectivity index (χ1v) is 10.6. The average Bonchev–Trinajstić information content (AvgIpc) is 2.73. The maximum Gasteiger partial charge on any atom is 0.253 e. The maximum absolute atomic E-state index is 13.0. The third kappa shape index (κ3) is 5.27. The molecule has 1 aliphatic rings.